The summed E-state index contributed by atoms with van der Waals surface area (Å²) in [6.07, 6.45) is 3.24. The van der Waals surface area contributed by atoms with E-state index in [0.717, 1.165) is 24.8 Å². The van der Waals surface area contributed by atoms with E-state index in [4.69, 9.17) is 0 Å². The first-order valence-corrected chi connectivity index (χ1v) is 6.73. The van der Waals surface area contributed by atoms with Gasteiger partial charge in [0.15, 0.2) is 0 Å². The second-order valence-electron chi connectivity index (χ2n) is 5.76. The lowest BCUT2D eigenvalue weighted by Gasteiger charge is -2.42. The highest BCUT2D eigenvalue weighted by atomic mass is 16.3. The van der Waals surface area contributed by atoms with E-state index >= 15 is 0 Å². The van der Waals surface area contributed by atoms with Crippen LogP contribution in [0.2, 0.25) is 0 Å². The number of hydrogen-bond donors (Lipinski definition) is 1. The number of aliphatic hydroxyl groups is 1. The summed E-state index contributed by atoms with van der Waals surface area (Å²) in [6, 6.07) is 0. The summed E-state index contributed by atoms with van der Waals surface area (Å²) in [5, 5.41) is 9.92. The Bertz CT molecular complexity index is 306. The molecule has 1 unspecified atom stereocenters. The average Bonchev–Trinajstić information content (AvgIpc) is 2.56. The van der Waals surface area contributed by atoms with Gasteiger partial charge in [0.05, 0.1) is 6.10 Å². The summed E-state index contributed by atoms with van der Waals surface area (Å²) in [5.74, 6) is 0.418. The maximum atomic E-state index is 12.1. The highest BCUT2D eigenvalue weighted by Gasteiger charge is 2.51. The molecule has 0 aromatic heterocycles. The fourth-order valence-electron chi connectivity index (χ4n) is 3.66. The molecule has 4 atom stereocenters. The van der Waals surface area contributed by atoms with E-state index in [1.807, 2.05) is 13.8 Å². The van der Waals surface area contributed by atoms with E-state index in [1.54, 1.807) is 0 Å². The van der Waals surface area contributed by atoms with Crippen LogP contribution in [0, 0.1) is 17.3 Å². The van der Waals surface area contributed by atoms with Crippen molar-refractivity contribution in [2.75, 3.05) is 0 Å². The molecular weight excluding hydrogens is 212 g/mol. The van der Waals surface area contributed by atoms with Crippen LogP contribution in [0.3, 0.4) is 0 Å². The zero-order valence-electron chi connectivity index (χ0n) is 11.6. The summed E-state index contributed by atoms with van der Waals surface area (Å²) < 4.78 is 0. The van der Waals surface area contributed by atoms with Gasteiger partial charge in [-0.3, -0.25) is 4.79 Å². The molecule has 1 N–H and O–H groups in total. The minimum Gasteiger partial charge on any atom is -0.393 e. The van der Waals surface area contributed by atoms with E-state index in [-0.39, 0.29) is 23.4 Å². The molecule has 1 fully saturated rings. The number of aliphatic hydroxyl groups excluding tert-OH is 1. The van der Waals surface area contributed by atoms with Gasteiger partial charge in [-0.2, -0.15) is 0 Å². The largest absolute Gasteiger partial charge is 0.393 e. The van der Waals surface area contributed by atoms with Gasteiger partial charge in [0.2, 0.25) is 0 Å². The van der Waals surface area contributed by atoms with Crippen molar-refractivity contribution >= 4 is 5.78 Å². The minimum absolute atomic E-state index is 0.0490. The van der Waals surface area contributed by atoms with E-state index in [9.17, 15) is 9.90 Å². The van der Waals surface area contributed by atoms with Crippen molar-refractivity contribution in [3.63, 3.8) is 0 Å². The summed E-state index contributed by atoms with van der Waals surface area (Å²) in [4.78, 5) is 12.1. The molecule has 1 saturated carbocycles. The Morgan fingerprint density at radius 3 is 2.59 bits per heavy atom. The first-order chi connectivity index (χ1) is 7.86. The molecule has 0 bridgehead atoms. The molecule has 98 valence electrons. The molecule has 0 spiro atoms. The average molecular weight is 238 g/mol. The van der Waals surface area contributed by atoms with Gasteiger partial charge in [-0.05, 0) is 38.0 Å². The molecule has 1 rings (SSSR count). The topological polar surface area (TPSA) is 37.3 Å². The fourth-order valence-corrected chi connectivity index (χ4v) is 3.66. The van der Waals surface area contributed by atoms with Crippen LogP contribution in [0.25, 0.3) is 0 Å². The lowest BCUT2D eigenvalue weighted by molar-refractivity contribution is -0.122. The number of carbonyl (C=O) groups excluding carboxylic acids is 1. The lowest BCUT2D eigenvalue weighted by Crippen LogP contribution is -2.40. The van der Waals surface area contributed by atoms with Crippen LogP contribution in [0.5, 0.6) is 0 Å². The van der Waals surface area contributed by atoms with Crippen molar-refractivity contribution in [3.8, 4) is 0 Å². The third kappa shape index (κ3) is 2.47. The van der Waals surface area contributed by atoms with Crippen molar-refractivity contribution < 1.29 is 9.90 Å². The molecular formula is C15H26O2. The molecule has 1 aliphatic rings. The number of allylic oxidation sites excluding steroid dienone is 1. The van der Waals surface area contributed by atoms with E-state index < -0.39 is 0 Å². The summed E-state index contributed by atoms with van der Waals surface area (Å²) in [7, 11) is 0. The summed E-state index contributed by atoms with van der Waals surface area (Å²) >= 11 is 0. The van der Waals surface area contributed by atoms with Gasteiger partial charge in [-0.15, -0.1) is 0 Å². The Balaban J connectivity index is 3.13. The van der Waals surface area contributed by atoms with Crippen LogP contribution in [0.15, 0.2) is 12.2 Å². The van der Waals surface area contributed by atoms with Gasteiger partial charge in [0.25, 0.3) is 0 Å². The fraction of sp³-hybridized carbons (Fsp3) is 0.800. The van der Waals surface area contributed by atoms with E-state index in [0.29, 0.717) is 12.2 Å². The molecule has 2 heteroatoms. The first-order valence-electron chi connectivity index (χ1n) is 6.73. The van der Waals surface area contributed by atoms with Gasteiger partial charge in [0.1, 0.15) is 5.78 Å². The Labute approximate surface area is 105 Å². The van der Waals surface area contributed by atoms with Crippen molar-refractivity contribution in [2.24, 2.45) is 17.3 Å². The molecule has 0 saturated heterocycles. The van der Waals surface area contributed by atoms with Crippen LogP contribution in [-0.2, 0) is 4.79 Å². The normalized spacial score (nSPS) is 32.5. The zero-order chi connectivity index (χ0) is 13.2. The van der Waals surface area contributed by atoms with Gasteiger partial charge in [-0.25, -0.2) is 0 Å². The summed E-state index contributed by atoms with van der Waals surface area (Å²) in [6.45, 7) is 12.0. The molecule has 1 aliphatic carbocycles. The third-order valence-corrected chi connectivity index (χ3v) is 4.57. The van der Waals surface area contributed by atoms with E-state index in [2.05, 4.69) is 20.4 Å². The van der Waals surface area contributed by atoms with Crippen molar-refractivity contribution in [1.29, 1.82) is 0 Å². The number of carbonyl (C=O) groups is 1. The second-order valence-corrected chi connectivity index (χ2v) is 5.76. The zero-order valence-corrected chi connectivity index (χ0v) is 11.6. The van der Waals surface area contributed by atoms with Crippen molar-refractivity contribution in [1.82, 2.24) is 0 Å². The maximum absolute atomic E-state index is 12.1. The van der Waals surface area contributed by atoms with Crippen molar-refractivity contribution in [3.05, 3.63) is 12.2 Å². The van der Waals surface area contributed by atoms with Gasteiger partial charge in [-0.1, -0.05) is 32.4 Å². The number of rotatable bonds is 5. The van der Waals surface area contributed by atoms with Gasteiger partial charge >= 0.3 is 0 Å². The molecule has 0 amide bonds. The Hall–Kier alpha value is -0.630. The SMILES string of the molecule is C=C(C)[C@@H]1C(=O)CC[C@@]1(CCC)[C@@H](C)C(C)O. The maximum Gasteiger partial charge on any atom is 0.140 e. The van der Waals surface area contributed by atoms with E-state index in [1.165, 1.54) is 0 Å². The lowest BCUT2D eigenvalue weighted by atomic mass is 9.63. The van der Waals surface area contributed by atoms with Crippen LogP contribution in [-0.4, -0.2) is 17.0 Å². The predicted octanol–water partition coefficient (Wildman–Crippen LogP) is 3.35. The van der Waals surface area contributed by atoms with Crippen LogP contribution < -0.4 is 0 Å². The monoisotopic (exact) mass is 238 g/mol. The Morgan fingerprint density at radius 2 is 2.18 bits per heavy atom. The quantitative estimate of drug-likeness (QED) is 0.746. The van der Waals surface area contributed by atoms with Crippen molar-refractivity contribution in [2.45, 2.75) is 59.5 Å². The van der Waals surface area contributed by atoms with Crippen LogP contribution in [0.4, 0.5) is 0 Å². The Kier molecular flexibility index (Phi) is 4.54. The Morgan fingerprint density at radius 1 is 1.59 bits per heavy atom. The first kappa shape index (κ1) is 14.4. The predicted molar refractivity (Wildman–Crippen MR) is 70.7 cm³/mol. The van der Waals surface area contributed by atoms with Gasteiger partial charge < -0.3 is 5.11 Å². The molecule has 2 nitrogen and oxygen atoms in total. The smallest absolute Gasteiger partial charge is 0.140 e. The molecule has 0 aromatic carbocycles. The number of Topliss-reactive ketones (excluding diaryl/α,β-unsaturated/α-hetero) is 1. The molecule has 0 heterocycles. The third-order valence-electron chi connectivity index (χ3n) is 4.57. The summed E-state index contributed by atoms with van der Waals surface area (Å²) in [5.41, 5.74) is 0.903. The molecule has 0 aromatic rings. The number of hydrogen-bond acceptors (Lipinski definition) is 2. The number of ketones is 1. The molecule has 0 aliphatic heterocycles. The molecule has 0 radical (unpaired) electrons. The molecule has 17 heavy (non-hydrogen) atoms. The minimum atomic E-state index is -0.366. The van der Waals surface area contributed by atoms with Crippen LogP contribution >= 0.6 is 0 Å². The highest BCUT2D eigenvalue weighted by Crippen LogP contribution is 2.53. The van der Waals surface area contributed by atoms with Gasteiger partial charge in [0, 0.05) is 12.3 Å². The highest BCUT2D eigenvalue weighted by molar-refractivity contribution is 5.86. The standard InChI is InChI=1S/C15H26O2/c1-6-8-15(11(4)12(5)16)9-7-13(17)14(15)10(2)3/h11-12,14,16H,2,6-9H2,1,3-5H3/t11-,12?,14+,15-/m0/s1. The van der Waals surface area contributed by atoms with Crippen LogP contribution in [0.1, 0.15) is 53.4 Å². The second kappa shape index (κ2) is 5.34.